The highest BCUT2D eigenvalue weighted by Crippen LogP contribution is 2.19. The van der Waals surface area contributed by atoms with E-state index < -0.39 is 0 Å². The molecular weight excluding hydrogens is 244 g/mol. The van der Waals surface area contributed by atoms with Gasteiger partial charge in [-0.2, -0.15) is 0 Å². The highest BCUT2D eigenvalue weighted by molar-refractivity contribution is 7.98. The molecule has 0 saturated heterocycles. The molecule has 0 amide bonds. The fourth-order valence-electron chi connectivity index (χ4n) is 1.39. The molecule has 1 aromatic heterocycles. The summed E-state index contributed by atoms with van der Waals surface area (Å²) >= 11 is 1.66. The molecule has 0 aliphatic rings. The summed E-state index contributed by atoms with van der Waals surface area (Å²) in [6, 6.07) is 8.16. The molecule has 0 atom stereocenters. The molecule has 2 N–H and O–H groups in total. The van der Waals surface area contributed by atoms with Crippen LogP contribution < -0.4 is 5.73 Å². The van der Waals surface area contributed by atoms with E-state index in [0.29, 0.717) is 6.54 Å². The average molecular weight is 258 g/mol. The Morgan fingerprint density at radius 1 is 1.33 bits per heavy atom. The number of aromatic nitrogens is 3. The Labute approximate surface area is 111 Å². The zero-order chi connectivity index (χ0) is 12.8. The summed E-state index contributed by atoms with van der Waals surface area (Å²) in [5.41, 5.74) is 7.56. The van der Waals surface area contributed by atoms with E-state index in [0.717, 1.165) is 16.5 Å². The van der Waals surface area contributed by atoms with Crippen molar-refractivity contribution >= 4 is 11.8 Å². The zero-order valence-corrected chi connectivity index (χ0v) is 10.9. The third kappa shape index (κ3) is 3.36. The van der Waals surface area contributed by atoms with Crippen molar-refractivity contribution in [2.75, 3.05) is 6.54 Å². The topological polar surface area (TPSA) is 56.7 Å². The van der Waals surface area contributed by atoms with Crippen LogP contribution >= 0.6 is 11.8 Å². The lowest BCUT2D eigenvalue weighted by Crippen LogP contribution is -1.93. The van der Waals surface area contributed by atoms with Gasteiger partial charge in [0, 0.05) is 18.4 Å². The lowest BCUT2D eigenvalue weighted by atomic mass is 10.1. The van der Waals surface area contributed by atoms with Gasteiger partial charge in [-0.25, -0.2) is 0 Å². The van der Waals surface area contributed by atoms with Gasteiger partial charge in [-0.1, -0.05) is 35.7 Å². The number of rotatable bonds is 3. The summed E-state index contributed by atoms with van der Waals surface area (Å²) in [7, 11) is 1.94. The third-order valence-corrected chi connectivity index (χ3v) is 3.43. The van der Waals surface area contributed by atoms with Crippen LogP contribution in [0, 0.1) is 11.8 Å². The number of hydrogen-bond acceptors (Lipinski definition) is 4. The standard InChI is InChI=1S/C13H14N4S/c1-17-10-15-16-13(17)18-9-12-6-4-11(5-7-12)3-2-8-14/h4-7,10H,8-9,14H2,1H3. The van der Waals surface area contributed by atoms with Crippen LogP contribution in [0.15, 0.2) is 35.7 Å². The maximum absolute atomic E-state index is 5.33. The Kier molecular flexibility index (Phi) is 4.40. The molecule has 1 aromatic carbocycles. The van der Waals surface area contributed by atoms with E-state index >= 15 is 0 Å². The number of nitrogens with zero attached hydrogens (tertiary/aromatic N) is 3. The van der Waals surface area contributed by atoms with Gasteiger partial charge in [0.2, 0.25) is 0 Å². The molecule has 0 unspecified atom stereocenters. The molecule has 2 aromatic rings. The first-order valence-corrected chi connectivity index (χ1v) is 6.53. The SMILES string of the molecule is Cn1cnnc1SCc1ccc(C#CCN)cc1. The van der Waals surface area contributed by atoms with Crippen LogP contribution in [0.4, 0.5) is 0 Å². The molecule has 0 aliphatic carbocycles. The molecule has 5 heteroatoms. The van der Waals surface area contributed by atoms with Crippen LogP contribution in [0.25, 0.3) is 0 Å². The lowest BCUT2D eigenvalue weighted by Gasteiger charge is -2.01. The van der Waals surface area contributed by atoms with Crippen molar-refractivity contribution in [3.63, 3.8) is 0 Å². The molecule has 0 radical (unpaired) electrons. The summed E-state index contributed by atoms with van der Waals surface area (Å²) in [5.74, 6) is 6.71. The van der Waals surface area contributed by atoms with Gasteiger partial charge in [-0.15, -0.1) is 10.2 Å². The van der Waals surface area contributed by atoms with Gasteiger partial charge in [0.15, 0.2) is 5.16 Å². The molecule has 4 nitrogen and oxygen atoms in total. The first-order valence-electron chi connectivity index (χ1n) is 5.54. The number of hydrogen-bond donors (Lipinski definition) is 1. The Bertz CT molecular complexity index is 563. The molecular formula is C13H14N4S. The summed E-state index contributed by atoms with van der Waals surface area (Å²) in [6.07, 6.45) is 1.70. The Hall–Kier alpha value is -1.77. The second-order valence-electron chi connectivity index (χ2n) is 3.72. The molecule has 0 bridgehead atoms. The molecule has 1 heterocycles. The molecule has 0 saturated carbocycles. The van der Waals surface area contributed by atoms with E-state index in [1.807, 2.05) is 23.7 Å². The van der Waals surface area contributed by atoms with Crippen molar-refractivity contribution in [2.45, 2.75) is 10.9 Å². The fraction of sp³-hybridized carbons (Fsp3) is 0.231. The Balaban J connectivity index is 1.96. The normalized spacial score (nSPS) is 9.89. The monoisotopic (exact) mass is 258 g/mol. The molecule has 18 heavy (non-hydrogen) atoms. The highest BCUT2D eigenvalue weighted by Gasteiger charge is 2.01. The van der Waals surface area contributed by atoms with Gasteiger partial charge in [-0.05, 0) is 17.7 Å². The number of aryl methyl sites for hydroxylation is 1. The van der Waals surface area contributed by atoms with E-state index in [-0.39, 0.29) is 0 Å². The van der Waals surface area contributed by atoms with Crippen LogP contribution in [0.2, 0.25) is 0 Å². The Morgan fingerprint density at radius 3 is 2.72 bits per heavy atom. The molecule has 0 fully saturated rings. The summed E-state index contributed by atoms with van der Waals surface area (Å²) in [5, 5.41) is 8.79. The van der Waals surface area contributed by atoms with Crippen molar-refractivity contribution in [2.24, 2.45) is 12.8 Å². The van der Waals surface area contributed by atoms with Gasteiger partial charge >= 0.3 is 0 Å². The summed E-state index contributed by atoms with van der Waals surface area (Å²) < 4.78 is 1.91. The Morgan fingerprint density at radius 2 is 2.11 bits per heavy atom. The zero-order valence-electron chi connectivity index (χ0n) is 10.1. The van der Waals surface area contributed by atoms with Gasteiger partial charge in [-0.3, -0.25) is 0 Å². The van der Waals surface area contributed by atoms with E-state index in [2.05, 4.69) is 34.2 Å². The van der Waals surface area contributed by atoms with Crippen LogP contribution in [0.3, 0.4) is 0 Å². The first kappa shape index (κ1) is 12.7. The molecule has 92 valence electrons. The van der Waals surface area contributed by atoms with Crippen LogP contribution in [0.1, 0.15) is 11.1 Å². The van der Waals surface area contributed by atoms with E-state index in [9.17, 15) is 0 Å². The predicted octanol–water partition coefficient (Wildman–Crippen LogP) is 1.42. The number of nitrogens with two attached hydrogens (primary N) is 1. The second kappa shape index (κ2) is 6.24. The summed E-state index contributed by atoms with van der Waals surface area (Å²) in [4.78, 5) is 0. The largest absolute Gasteiger partial charge is 0.320 e. The minimum atomic E-state index is 0.393. The van der Waals surface area contributed by atoms with Crippen LogP contribution in [0.5, 0.6) is 0 Å². The molecule has 2 rings (SSSR count). The molecule has 0 aliphatic heterocycles. The van der Waals surface area contributed by atoms with Crippen molar-refractivity contribution in [3.05, 3.63) is 41.7 Å². The van der Waals surface area contributed by atoms with E-state index in [1.54, 1.807) is 18.1 Å². The number of thioether (sulfide) groups is 1. The van der Waals surface area contributed by atoms with Crippen molar-refractivity contribution in [3.8, 4) is 11.8 Å². The maximum Gasteiger partial charge on any atom is 0.191 e. The van der Waals surface area contributed by atoms with Gasteiger partial charge in [0.1, 0.15) is 6.33 Å². The average Bonchev–Trinajstić information content (AvgIpc) is 2.81. The fourth-order valence-corrected chi connectivity index (χ4v) is 2.23. The maximum atomic E-state index is 5.33. The van der Waals surface area contributed by atoms with E-state index in [4.69, 9.17) is 5.73 Å². The number of benzene rings is 1. The van der Waals surface area contributed by atoms with Gasteiger partial charge in [0.25, 0.3) is 0 Å². The minimum Gasteiger partial charge on any atom is -0.320 e. The van der Waals surface area contributed by atoms with Gasteiger partial charge in [0.05, 0.1) is 6.54 Å². The van der Waals surface area contributed by atoms with Crippen molar-refractivity contribution in [1.82, 2.24) is 14.8 Å². The van der Waals surface area contributed by atoms with Crippen LogP contribution in [-0.4, -0.2) is 21.3 Å². The van der Waals surface area contributed by atoms with E-state index in [1.165, 1.54) is 5.56 Å². The summed E-state index contributed by atoms with van der Waals surface area (Å²) in [6.45, 7) is 0.393. The van der Waals surface area contributed by atoms with Crippen LogP contribution in [-0.2, 0) is 12.8 Å². The smallest absolute Gasteiger partial charge is 0.191 e. The van der Waals surface area contributed by atoms with Crippen molar-refractivity contribution in [1.29, 1.82) is 0 Å². The molecule has 0 spiro atoms. The highest BCUT2D eigenvalue weighted by atomic mass is 32.2. The predicted molar refractivity (Wildman–Crippen MR) is 72.9 cm³/mol. The third-order valence-electron chi connectivity index (χ3n) is 2.33. The van der Waals surface area contributed by atoms with Crippen molar-refractivity contribution < 1.29 is 0 Å². The second-order valence-corrected chi connectivity index (χ2v) is 4.66. The minimum absolute atomic E-state index is 0.393. The lowest BCUT2D eigenvalue weighted by molar-refractivity contribution is 0.788. The quantitative estimate of drug-likeness (QED) is 0.668. The first-order chi connectivity index (χ1) is 8.79. The van der Waals surface area contributed by atoms with Gasteiger partial charge < -0.3 is 10.3 Å².